The van der Waals surface area contributed by atoms with Crippen LogP contribution in [0, 0.1) is 5.92 Å². The zero-order chi connectivity index (χ0) is 16.7. The number of likely N-dealkylation sites (tertiary alicyclic amines) is 1. The molecule has 2 rings (SSSR count). The maximum atomic E-state index is 12.2. The van der Waals surface area contributed by atoms with Gasteiger partial charge in [0, 0.05) is 18.0 Å². The maximum Gasteiger partial charge on any atom is 0.234 e. The Morgan fingerprint density at radius 1 is 1.52 bits per heavy atom. The second-order valence-corrected chi connectivity index (χ2v) is 7.49. The first kappa shape index (κ1) is 18.4. The van der Waals surface area contributed by atoms with Crippen LogP contribution in [0.4, 0.5) is 0 Å². The molecule has 1 amide bonds. The number of nitrogens with one attached hydrogen (secondary N) is 1. The number of hydrogen-bond donors (Lipinski definition) is 2. The lowest BCUT2D eigenvalue weighted by atomic mass is 9.96. The monoisotopic (exact) mass is 339 g/mol. The molecule has 0 aliphatic carbocycles. The molecule has 2 N–H and O–H groups in total. The molecule has 5 nitrogen and oxygen atoms in total. The van der Waals surface area contributed by atoms with Gasteiger partial charge in [-0.15, -0.1) is 11.3 Å². The molecule has 1 saturated heterocycles. The van der Waals surface area contributed by atoms with Crippen LogP contribution in [0.25, 0.3) is 0 Å². The quantitative estimate of drug-likeness (QED) is 0.755. The number of carbonyl (C=O) groups is 1. The van der Waals surface area contributed by atoms with Crippen molar-refractivity contribution in [2.45, 2.75) is 25.8 Å². The molecule has 0 radical (unpaired) electrons. The average molecular weight is 340 g/mol. The van der Waals surface area contributed by atoms with Crippen LogP contribution >= 0.6 is 11.3 Å². The summed E-state index contributed by atoms with van der Waals surface area (Å²) in [4.78, 5) is 17.8. The Hall–Kier alpha value is -0.950. The smallest absolute Gasteiger partial charge is 0.234 e. The van der Waals surface area contributed by atoms with Crippen LogP contribution in [0.2, 0.25) is 0 Å². The third-order valence-electron chi connectivity index (χ3n) is 4.45. The number of thiophene rings is 1. The Balaban J connectivity index is 1.66. The third kappa shape index (κ3) is 6.22. The molecule has 1 aliphatic heterocycles. The van der Waals surface area contributed by atoms with Gasteiger partial charge >= 0.3 is 0 Å². The first-order chi connectivity index (χ1) is 11.1. The number of nitrogens with zero attached hydrogens (tertiary/aromatic N) is 2. The SMILES string of the molecule is C[C@@H](NC(=O)CN(C)CC1CCN(CCO)CC1)c1cccs1. The summed E-state index contributed by atoms with van der Waals surface area (Å²) in [6, 6.07) is 4.15. The number of likely N-dealkylation sites (N-methyl/N-ethyl adjacent to an activating group) is 1. The first-order valence-corrected chi connectivity index (χ1v) is 9.31. The van der Waals surface area contributed by atoms with E-state index in [1.807, 2.05) is 25.4 Å². The summed E-state index contributed by atoms with van der Waals surface area (Å²) in [6.07, 6.45) is 2.30. The van der Waals surface area contributed by atoms with Gasteiger partial charge in [0.05, 0.1) is 19.2 Å². The minimum absolute atomic E-state index is 0.0811. The second kappa shape index (κ2) is 9.37. The van der Waals surface area contributed by atoms with Crippen LogP contribution in [0.5, 0.6) is 0 Å². The Kier molecular flexibility index (Phi) is 7.49. The summed E-state index contributed by atoms with van der Waals surface area (Å²) in [7, 11) is 2.02. The Morgan fingerprint density at radius 2 is 2.26 bits per heavy atom. The van der Waals surface area contributed by atoms with Gasteiger partial charge in [-0.25, -0.2) is 0 Å². The minimum atomic E-state index is 0.0811. The number of β-amino-alcohol motifs (C(OH)–C–C–N with tert-alkyl or cyclic N) is 1. The van der Waals surface area contributed by atoms with Gasteiger partial charge in [0.15, 0.2) is 0 Å². The molecule has 130 valence electrons. The van der Waals surface area contributed by atoms with Gasteiger partial charge in [0.2, 0.25) is 5.91 Å². The van der Waals surface area contributed by atoms with Crippen molar-refractivity contribution in [3.05, 3.63) is 22.4 Å². The summed E-state index contributed by atoms with van der Waals surface area (Å²) in [5.41, 5.74) is 0. The van der Waals surface area contributed by atoms with E-state index in [2.05, 4.69) is 21.2 Å². The van der Waals surface area contributed by atoms with Gasteiger partial charge in [0.1, 0.15) is 0 Å². The molecule has 0 unspecified atom stereocenters. The van der Waals surface area contributed by atoms with Crippen LogP contribution in [-0.4, -0.2) is 67.2 Å². The number of amides is 1. The number of piperidine rings is 1. The summed E-state index contributed by atoms with van der Waals surface area (Å²) >= 11 is 1.67. The summed E-state index contributed by atoms with van der Waals surface area (Å²) in [5.74, 6) is 0.739. The van der Waals surface area contributed by atoms with E-state index in [9.17, 15) is 4.79 Å². The molecule has 1 fully saturated rings. The van der Waals surface area contributed by atoms with Crippen molar-refractivity contribution < 1.29 is 9.90 Å². The molecule has 1 aliphatic rings. The van der Waals surface area contributed by atoms with Crippen molar-refractivity contribution >= 4 is 17.2 Å². The van der Waals surface area contributed by atoms with E-state index in [4.69, 9.17) is 5.11 Å². The van der Waals surface area contributed by atoms with Crippen molar-refractivity contribution in [3.8, 4) is 0 Å². The molecule has 1 atom stereocenters. The average Bonchev–Trinajstić information content (AvgIpc) is 3.03. The molecule has 1 aromatic rings. The van der Waals surface area contributed by atoms with Gasteiger partial charge in [-0.2, -0.15) is 0 Å². The standard InChI is InChI=1S/C17H29N3O2S/c1-14(16-4-3-11-23-16)18-17(22)13-19(2)12-15-5-7-20(8-6-15)9-10-21/h3-4,11,14-15,21H,5-10,12-13H2,1-2H3,(H,18,22)/t14-/m1/s1. The number of hydrogen-bond acceptors (Lipinski definition) is 5. The lowest BCUT2D eigenvalue weighted by Gasteiger charge is -2.33. The van der Waals surface area contributed by atoms with E-state index in [0.29, 0.717) is 12.5 Å². The van der Waals surface area contributed by atoms with Crippen molar-refractivity contribution in [2.75, 3.05) is 46.4 Å². The van der Waals surface area contributed by atoms with E-state index < -0.39 is 0 Å². The zero-order valence-corrected chi connectivity index (χ0v) is 15.0. The fourth-order valence-electron chi connectivity index (χ4n) is 3.18. The van der Waals surface area contributed by atoms with E-state index in [-0.39, 0.29) is 18.6 Å². The highest BCUT2D eigenvalue weighted by Gasteiger charge is 2.21. The second-order valence-electron chi connectivity index (χ2n) is 6.51. The molecule has 0 saturated carbocycles. The highest BCUT2D eigenvalue weighted by Crippen LogP contribution is 2.19. The molecule has 6 heteroatoms. The largest absolute Gasteiger partial charge is 0.395 e. The zero-order valence-electron chi connectivity index (χ0n) is 14.2. The molecular weight excluding hydrogens is 310 g/mol. The Bertz CT molecular complexity index is 458. The molecule has 2 heterocycles. The highest BCUT2D eigenvalue weighted by atomic mass is 32.1. The van der Waals surface area contributed by atoms with Gasteiger partial charge in [-0.1, -0.05) is 6.07 Å². The number of aliphatic hydroxyl groups is 1. The summed E-state index contributed by atoms with van der Waals surface area (Å²) < 4.78 is 0. The van der Waals surface area contributed by atoms with Crippen molar-refractivity contribution in [1.82, 2.24) is 15.1 Å². The summed E-state index contributed by atoms with van der Waals surface area (Å²) in [6.45, 7) is 6.58. The molecule has 0 spiro atoms. The van der Waals surface area contributed by atoms with Crippen LogP contribution < -0.4 is 5.32 Å². The topological polar surface area (TPSA) is 55.8 Å². The third-order valence-corrected chi connectivity index (χ3v) is 5.51. The van der Waals surface area contributed by atoms with Crippen molar-refractivity contribution in [1.29, 1.82) is 0 Å². The van der Waals surface area contributed by atoms with Gasteiger partial charge in [-0.3, -0.25) is 9.69 Å². The van der Waals surface area contributed by atoms with Crippen molar-refractivity contribution in [2.24, 2.45) is 5.92 Å². The first-order valence-electron chi connectivity index (χ1n) is 8.43. The lowest BCUT2D eigenvalue weighted by molar-refractivity contribution is -0.122. The van der Waals surface area contributed by atoms with Gasteiger partial charge < -0.3 is 15.3 Å². The molecule has 0 bridgehead atoms. The van der Waals surface area contributed by atoms with E-state index in [1.54, 1.807) is 11.3 Å². The predicted octanol–water partition coefficient (Wildman–Crippen LogP) is 1.56. The lowest BCUT2D eigenvalue weighted by Crippen LogP contribution is -2.41. The minimum Gasteiger partial charge on any atom is -0.395 e. The van der Waals surface area contributed by atoms with E-state index >= 15 is 0 Å². The number of rotatable bonds is 8. The fourth-order valence-corrected chi connectivity index (χ4v) is 3.91. The van der Waals surface area contributed by atoms with Crippen LogP contribution in [0.3, 0.4) is 0 Å². The van der Waals surface area contributed by atoms with Crippen molar-refractivity contribution in [3.63, 3.8) is 0 Å². The molecule has 23 heavy (non-hydrogen) atoms. The molecule has 1 aromatic heterocycles. The highest BCUT2D eigenvalue weighted by molar-refractivity contribution is 7.10. The predicted molar refractivity (Wildman–Crippen MR) is 94.6 cm³/mol. The number of carbonyl (C=O) groups excluding carboxylic acids is 1. The fraction of sp³-hybridized carbons (Fsp3) is 0.706. The molecule has 0 aromatic carbocycles. The van der Waals surface area contributed by atoms with Crippen LogP contribution in [-0.2, 0) is 4.79 Å². The van der Waals surface area contributed by atoms with Gasteiger partial charge in [-0.05, 0) is 57.3 Å². The van der Waals surface area contributed by atoms with Crippen LogP contribution in [0.15, 0.2) is 17.5 Å². The van der Waals surface area contributed by atoms with Gasteiger partial charge in [0.25, 0.3) is 0 Å². The number of aliphatic hydroxyl groups excluding tert-OH is 1. The van der Waals surface area contributed by atoms with E-state index in [0.717, 1.165) is 39.0 Å². The molecular formula is C17H29N3O2S. The Morgan fingerprint density at radius 3 is 2.87 bits per heavy atom. The maximum absolute atomic E-state index is 12.2. The van der Waals surface area contributed by atoms with Crippen LogP contribution in [0.1, 0.15) is 30.7 Å². The Labute approximate surface area is 143 Å². The normalized spacial score (nSPS) is 18.3. The summed E-state index contributed by atoms with van der Waals surface area (Å²) in [5, 5.41) is 14.1. The van der Waals surface area contributed by atoms with E-state index in [1.165, 1.54) is 4.88 Å².